The summed E-state index contributed by atoms with van der Waals surface area (Å²) >= 11 is 1.91. The number of carboxylic acid groups (broad SMARTS) is 1. The molecule has 2 aliphatic carbocycles. The molecule has 6 aliphatic rings. The Morgan fingerprint density at radius 3 is 2.65 bits per heavy atom. The van der Waals surface area contributed by atoms with E-state index in [-0.39, 0.29) is 54.5 Å². The number of urea groups is 1. The zero-order valence-corrected chi connectivity index (χ0v) is 29.3. The van der Waals surface area contributed by atoms with Gasteiger partial charge in [0, 0.05) is 44.5 Å². The van der Waals surface area contributed by atoms with Crippen LogP contribution in [0.25, 0.3) is 0 Å². The third kappa shape index (κ3) is 8.12. The summed E-state index contributed by atoms with van der Waals surface area (Å²) in [7, 11) is 1.78. The largest absolute Gasteiger partial charge is 0.479 e. The topological polar surface area (TPSA) is 176 Å². The van der Waals surface area contributed by atoms with Crippen molar-refractivity contribution in [2.24, 2.45) is 11.8 Å². The van der Waals surface area contributed by atoms with Crippen LogP contribution in [0.1, 0.15) is 70.6 Å². The highest BCUT2D eigenvalue weighted by atomic mass is 32.2. The Morgan fingerprint density at radius 1 is 1.14 bits per heavy atom. The van der Waals surface area contributed by atoms with Gasteiger partial charge in [-0.3, -0.25) is 9.59 Å². The molecule has 0 spiro atoms. The second kappa shape index (κ2) is 16.1. The quantitative estimate of drug-likeness (QED) is 0.181. The maximum absolute atomic E-state index is 14.4. The molecule has 4 aliphatic heterocycles. The number of hydrazine groups is 2. The van der Waals surface area contributed by atoms with E-state index >= 15 is 0 Å². The van der Waals surface area contributed by atoms with Crippen molar-refractivity contribution in [3.05, 3.63) is 24.8 Å². The number of thioether (sulfide) groups is 1. The fraction of sp³-hybridized carbons (Fsp3) is 0.765. The van der Waals surface area contributed by atoms with Crippen molar-refractivity contribution in [1.29, 1.82) is 0 Å². The van der Waals surface area contributed by atoms with Crippen LogP contribution >= 0.6 is 11.8 Å². The Labute approximate surface area is 293 Å². The lowest BCUT2D eigenvalue weighted by atomic mass is 9.80. The summed E-state index contributed by atoms with van der Waals surface area (Å²) in [5.41, 5.74) is 6.14. The van der Waals surface area contributed by atoms with Gasteiger partial charge >= 0.3 is 12.0 Å². The first-order valence-corrected chi connectivity index (χ1v) is 19.2. The summed E-state index contributed by atoms with van der Waals surface area (Å²) in [6.07, 6.45) is 14.2. The number of amides is 4. The molecule has 3 unspecified atom stereocenters. The lowest BCUT2D eigenvalue weighted by Gasteiger charge is -2.35. The minimum atomic E-state index is -1.38. The summed E-state index contributed by atoms with van der Waals surface area (Å²) in [6, 6.07) is -2.21. The van der Waals surface area contributed by atoms with Crippen LogP contribution in [0.3, 0.4) is 0 Å². The first-order valence-electron chi connectivity index (χ1n) is 18.1. The van der Waals surface area contributed by atoms with Gasteiger partial charge in [0.1, 0.15) is 17.6 Å². The number of methoxy groups -OCH3 is 1. The van der Waals surface area contributed by atoms with E-state index in [2.05, 4.69) is 38.7 Å². The van der Waals surface area contributed by atoms with Crippen molar-refractivity contribution < 1.29 is 29.0 Å². The van der Waals surface area contributed by atoms with Gasteiger partial charge in [0.25, 0.3) is 0 Å². The van der Waals surface area contributed by atoms with E-state index < -0.39 is 35.5 Å². The monoisotopic (exact) mass is 702 g/mol. The SMILES string of the molecule is C=CCNC(=O)N[C@H]1CCCCC/C=C\[C@@H]2C[C@@]2(C(=O)O)NC(=O)[C@@H]2C[C@@H](N3NC(C4CCC(OC)CC4)C(C4NCCS4)N3)CN2C1=O. The number of fused-ring (bicyclic) bond motifs is 2. The number of carboxylic acids is 1. The third-order valence-corrected chi connectivity index (χ3v) is 12.6. The van der Waals surface area contributed by atoms with Gasteiger partial charge in [-0.25, -0.2) is 20.4 Å². The molecule has 272 valence electrons. The molecule has 15 heteroatoms. The predicted octanol–water partition coefficient (Wildman–Crippen LogP) is 1.22. The number of carbonyl (C=O) groups excluding carboxylic acids is 3. The van der Waals surface area contributed by atoms with Crippen LogP contribution in [0.15, 0.2) is 24.8 Å². The van der Waals surface area contributed by atoms with Gasteiger partial charge in [0.2, 0.25) is 11.8 Å². The van der Waals surface area contributed by atoms with Gasteiger partial charge in [-0.15, -0.1) is 18.3 Å². The predicted molar refractivity (Wildman–Crippen MR) is 186 cm³/mol. The molecule has 4 heterocycles. The van der Waals surface area contributed by atoms with Crippen molar-refractivity contribution in [3.8, 4) is 0 Å². The fourth-order valence-electron chi connectivity index (χ4n) is 8.38. The molecule has 3 saturated heterocycles. The van der Waals surface area contributed by atoms with E-state index in [1.54, 1.807) is 18.1 Å². The molecule has 0 aromatic rings. The van der Waals surface area contributed by atoms with Crippen LogP contribution in [0.4, 0.5) is 4.79 Å². The van der Waals surface area contributed by atoms with Crippen LogP contribution in [-0.2, 0) is 19.1 Å². The number of rotatable bonds is 8. The molecule has 0 aromatic heterocycles. The first-order chi connectivity index (χ1) is 23.7. The minimum Gasteiger partial charge on any atom is -0.479 e. The highest BCUT2D eigenvalue weighted by Gasteiger charge is 2.61. The van der Waals surface area contributed by atoms with Gasteiger partial charge in [-0.2, -0.15) is 5.12 Å². The Morgan fingerprint density at radius 2 is 1.94 bits per heavy atom. The number of nitrogens with one attached hydrogen (secondary N) is 6. The highest BCUT2D eigenvalue weighted by Crippen LogP contribution is 2.45. The Kier molecular flexibility index (Phi) is 11.9. The molecule has 7 N–H and O–H groups in total. The molecule has 0 aromatic carbocycles. The number of aliphatic carboxylic acids is 1. The van der Waals surface area contributed by atoms with Crippen LogP contribution in [0.5, 0.6) is 0 Å². The van der Waals surface area contributed by atoms with E-state index in [1.165, 1.54) is 0 Å². The molecule has 2 saturated carbocycles. The van der Waals surface area contributed by atoms with Crippen molar-refractivity contribution in [3.63, 3.8) is 0 Å². The molecule has 14 nitrogen and oxygen atoms in total. The zero-order valence-electron chi connectivity index (χ0n) is 28.5. The van der Waals surface area contributed by atoms with Gasteiger partial charge in [0.05, 0.1) is 23.6 Å². The average molecular weight is 703 g/mol. The van der Waals surface area contributed by atoms with Gasteiger partial charge in [0.15, 0.2) is 0 Å². The van der Waals surface area contributed by atoms with Crippen molar-refractivity contribution in [2.45, 2.75) is 118 Å². The molecule has 8 atom stereocenters. The molecule has 0 radical (unpaired) electrons. The third-order valence-electron chi connectivity index (χ3n) is 11.3. The van der Waals surface area contributed by atoms with Crippen molar-refractivity contribution in [2.75, 3.05) is 32.5 Å². The van der Waals surface area contributed by atoms with Crippen LogP contribution in [-0.4, -0.2) is 119 Å². The molecule has 0 bridgehead atoms. The molecular formula is C34H54N8O6S. The minimum absolute atomic E-state index is 0.108. The van der Waals surface area contributed by atoms with E-state index in [4.69, 9.17) is 4.74 Å². The van der Waals surface area contributed by atoms with E-state index in [9.17, 15) is 24.3 Å². The zero-order chi connectivity index (χ0) is 34.5. The maximum atomic E-state index is 14.4. The van der Waals surface area contributed by atoms with E-state index in [0.717, 1.165) is 63.7 Å². The standard InChI is InChI=1S/C34H54N8O6S/c1-3-15-36-33(47)37-25-10-8-6-4-5-7-9-22-19-34(22,32(45)46)38-29(43)26-18-23(20-41(26)31(25)44)42-39-27(21-11-13-24(48-2)14-12-21)28(40-42)30-35-16-17-49-30/h3,7,9,21-28,30,35,39-40H,1,4-6,8,10-20H2,2H3,(H,38,43)(H,45,46)(H2,36,37,47)/b9-7-/t21?,22-,23-,24?,25+,26+,27?,28?,30?,34-/m1/s1. The Bertz CT molecular complexity index is 1260. The number of nitrogens with zero attached hydrogens (tertiary/aromatic N) is 2. The molecule has 49 heavy (non-hydrogen) atoms. The van der Waals surface area contributed by atoms with Crippen molar-refractivity contribution >= 4 is 35.6 Å². The molecular weight excluding hydrogens is 648 g/mol. The van der Waals surface area contributed by atoms with E-state index in [1.807, 2.05) is 29.0 Å². The van der Waals surface area contributed by atoms with Crippen LogP contribution in [0.2, 0.25) is 0 Å². The second-order valence-electron chi connectivity index (χ2n) is 14.4. The summed E-state index contributed by atoms with van der Waals surface area (Å²) < 4.78 is 5.65. The normalized spacial score (nSPS) is 39.5. The lowest BCUT2D eigenvalue weighted by molar-refractivity contribution is -0.145. The number of hydrogen-bond acceptors (Lipinski definition) is 10. The van der Waals surface area contributed by atoms with Gasteiger partial charge in [-0.1, -0.05) is 31.1 Å². The summed E-state index contributed by atoms with van der Waals surface area (Å²) in [4.78, 5) is 55.4. The van der Waals surface area contributed by atoms with Crippen LogP contribution < -0.4 is 32.1 Å². The summed E-state index contributed by atoms with van der Waals surface area (Å²) in [5.74, 6) is -0.695. The van der Waals surface area contributed by atoms with Crippen molar-refractivity contribution in [1.82, 2.24) is 42.1 Å². The summed E-state index contributed by atoms with van der Waals surface area (Å²) in [5, 5.41) is 24.5. The molecule has 6 rings (SSSR count). The number of hydrogen-bond donors (Lipinski definition) is 7. The van der Waals surface area contributed by atoms with E-state index in [0.29, 0.717) is 25.2 Å². The first kappa shape index (κ1) is 36.1. The lowest BCUT2D eigenvalue weighted by Crippen LogP contribution is -2.57. The van der Waals surface area contributed by atoms with Crippen LogP contribution in [0, 0.1) is 11.8 Å². The average Bonchev–Trinajstić information content (AvgIpc) is 3.55. The van der Waals surface area contributed by atoms with Gasteiger partial charge < -0.3 is 36.0 Å². The molecule has 5 fully saturated rings. The molecule has 4 amide bonds. The maximum Gasteiger partial charge on any atom is 0.330 e. The summed E-state index contributed by atoms with van der Waals surface area (Å²) in [6.45, 7) is 5.09. The number of carbonyl (C=O) groups is 4. The smallest absolute Gasteiger partial charge is 0.330 e. The Hall–Kier alpha value is -2.69. The number of allylic oxidation sites excluding steroid dienone is 1. The highest BCUT2D eigenvalue weighted by molar-refractivity contribution is 8.00. The van der Waals surface area contributed by atoms with Gasteiger partial charge in [-0.05, 0) is 63.7 Å². The Balaban J connectivity index is 1.25. The second-order valence-corrected chi connectivity index (χ2v) is 15.7. The number of ether oxygens (including phenoxy) is 1. The fourth-order valence-corrected chi connectivity index (χ4v) is 9.55.